The van der Waals surface area contributed by atoms with E-state index in [0.29, 0.717) is 13.2 Å². The number of fused-ring (bicyclic) bond motifs is 2. The molecule has 0 radical (unpaired) electrons. The Kier molecular flexibility index (Phi) is 9.21. The maximum Gasteiger partial charge on any atom is 0.236 e. The van der Waals surface area contributed by atoms with Crippen molar-refractivity contribution >= 4 is 46.9 Å². The Morgan fingerprint density at radius 1 is 0.500 bits per heavy atom. The molecule has 0 amide bonds. The molecular formula is C42H38N10O2+2. The minimum Gasteiger partial charge on any atom is -0.487 e. The molecule has 0 fully saturated rings. The number of nitrogens with one attached hydrogen (secondary N) is 2. The summed E-state index contributed by atoms with van der Waals surface area (Å²) in [5, 5.41) is 0. The topological polar surface area (TPSA) is 160 Å². The van der Waals surface area contributed by atoms with Gasteiger partial charge in [-0.3, -0.25) is 9.97 Å². The first-order valence-electron chi connectivity index (χ1n) is 17.4. The third-order valence-electron chi connectivity index (χ3n) is 8.99. The summed E-state index contributed by atoms with van der Waals surface area (Å²) in [5.41, 5.74) is 10.6. The van der Waals surface area contributed by atoms with Crippen LogP contribution in [0.1, 0.15) is 22.8 Å². The normalized spacial score (nSPS) is 11.2. The van der Waals surface area contributed by atoms with Crippen LogP contribution in [0.3, 0.4) is 0 Å². The van der Waals surface area contributed by atoms with Crippen molar-refractivity contribution in [1.82, 2.24) is 29.9 Å². The number of aromatic nitrogens is 6. The van der Waals surface area contributed by atoms with Gasteiger partial charge in [0.05, 0.1) is 33.5 Å². The molecule has 8 rings (SSSR count). The van der Waals surface area contributed by atoms with Crippen molar-refractivity contribution in [3.8, 4) is 34.3 Å². The number of hydrazone groups is 2. The fourth-order valence-electron chi connectivity index (χ4n) is 6.11. The van der Waals surface area contributed by atoms with Crippen LogP contribution in [0.25, 0.3) is 44.8 Å². The Hall–Kier alpha value is -7.34. The fourth-order valence-corrected chi connectivity index (χ4v) is 6.11. The van der Waals surface area contributed by atoms with Gasteiger partial charge >= 0.3 is 0 Å². The van der Waals surface area contributed by atoms with E-state index < -0.39 is 0 Å². The lowest BCUT2D eigenvalue weighted by molar-refractivity contribution is -0.442. The van der Waals surface area contributed by atoms with Crippen LogP contribution < -0.4 is 21.2 Å². The van der Waals surface area contributed by atoms with Crippen molar-refractivity contribution in [3.63, 3.8) is 0 Å². The molecule has 0 unspecified atom stereocenters. The highest BCUT2D eigenvalue weighted by molar-refractivity contribution is 5.82. The van der Waals surface area contributed by atoms with E-state index in [9.17, 15) is 0 Å². The molecule has 0 aliphatic rings. The van der Waals surface area contributed by atoms with Gasteiger partial charge in [-0.1, -0.05) is 21.5 Å². The Balaban J connectivity index is 0.828. The highest BCUT2D eigenvalue weighted by Crippen LogP contribution is 2.27. The number of aromatic amines is 2. The van der Waals surface area contributed by atoms with Gasteiger partial charge in [0.25, 0.3) is 0 Å². The molecule has 0 atom stereocenters. The molecular weight excluding hydrogens is 677 g/mol. The highest BCUT2D eigenvalue weighted by Gasteiger charge is 2.12. The van der Waals surface area contributed by atoms with Crippen LogP contribution in [0.5, 0.6) is 11.5 Å². The molecule has 0 spiro atoms. The molecule has 54 heavy (non-hydrogen) atoms. The zero-order valence-electron chi connectivity index (χ0n) is 29.4. The van der Waals surface area contributed by atoms with E-state index in [-0.39, 0.29) is 0 Å². The van der Waals surface area contributed by atoms with Gasteiger partial charge < -0.3 is 19.4 Å². The van der Waals surface area contributed by atoms with Crippen LogP contribution >= 0.6 is 0 Å². The number of nitrogens with zero attached hydrogens (tertiary/aromatic N) is 6. The quantitative estimate of drug-likeness (QED) is 0.0433. The van der Waals surface area contributed by atoms with Crippen molar-refractivity contribution in [2.24, 2.45) is 11.7 Å². The number of benzene rings is 4. The van der Waals surface area contributed by atoms with Crippen molar-refractivity contribution in [3.05, 3.63) is 144 Å². The minimum atomic E-state index is 0.358. The van der Waals surface area contributed by atoms with Crippen molar-refractivity contribution in [1.29, 1.82) is 0 Å². The van der Waals surface area contributed by atoms with Crippen molar-refractivity contribution in [2.75, 3.05) is 0 Å². The summed E-state index contributed by atoms with van der Waals surface area (Å²) in [4.78, 5) is 25.8. The zero-order chi connectivity index (χ0) is 37.0. The third kappa shape index (κ3) is 7.63. The lowest BCUT2D eigenvalue weighted by Crippen LogP contribution is -2.09. The summed E-state index contributed by atoms with van der Waals surface area (Å²) in [6.07, 6.45) is 1.50. The molecule has 4 heterocycles. The van der Waals surface area contributed by atoms with E-state index in [1.807, 2.05) is 121 Å². The number of hydrogen-bond donors (Lipinski definition) is 4. The molecule has 6 N–H and O–H groups in total. The monoisotopic (exact) mass is 714 g/mol. The number of pyridine rings is 2. The summed E-state index contributed by atoms with van der Waals surface area (Å²) in [7, 11) is 0. The first-order chi connectivity index (χ1) is 26.3. The second kappa shape index (κ2) is 14.7. The predicted molar refractivity (Wildman–Crippen MR) is 210 cm³/mol. The Bertz CT molecular complexity index is 2440. The standard InChI is InChI=1S/C42H38N10O2/c1-51(43)33-15-21-37-39(23-33)49-41(47-37)27-9-17-35(18-10-27)53-25-31-7-3-5-29(45-31)13-14-30-6-4-8-32(46-30)26-54-36-19-11-28(12-20-36)42-48-38-22-16-34(52(2)44)24-40(38)50-42/h3-12,15-24H,1-2,13-14,25-26,43-44H2,(H,47,49)(H,48,50)/q+2. The van der Waals surface area contributed by atoms with E-state index in [1.54, 1.807) is 0 Å². The summed E-state index contributed by atoms with van der Waals surface area (Å²) in [5.74, 6) is 14.6. The largest absolute Gasteiger partial charge is 0.487 e. The molecule has 8 aromatic rings. The van der Waals surface area contributed by atoms with Crippen molar-refractivity contribution in [2.45, 2.75) is 26.1 Å². The number of aryl methyl sites for hydroxylation is 2. The zero-order valence-corrected chi connectivity index (χ0v) is 29.4. The van der Waals surface area contributed by atoms with Gasteiger partial charge in [-0.15, -0.1) is 0 Å². The van der Waals surface area contributed by atoms with E-state index >= 15 is 0 Å². The van der Waals surface area contributed by atoms with Gasteiger partial charge in [-0.05, 0) is 97.8 Å². The van der Waals surface area contributed by atoms with Gasteiger partial charge in [-0.25, -0.2) is 21.7 Å². The maximum absolute atomic E-state index is 6.08. The molecule has 4 aromatic carbocycles. The average Bonchev–Trinajstić information content (AvgIpc) is 3.83. The van der Waals surface area contributed by atoms with Crippen LogP contribution in [0.2, 0.25) is 0 Å². The number of imidazole rings is 2. The fraction of sp³-hybridized carbons (Fsp3) is 0.0952. The minimum absolute atomic E-state index is 0.358. The molecule has 0 aliphatic carbocycles. The molecule has 0 aliphatic heterocycles. The SMILES string of the molecule is C=[N+](N)c1ccc2nc(-c3ccc(OCc4cccc(CCc5cccc(COc6ccc(-c7nc8ccc([N+](=C)N)cc8[nH]7)cc6)n5)n4)cc3)[nH]c2c1. The number of hydrazine groups is 2. The van der Waals surface area contributed by atoms with Crippen LogP contribution in [0, 0.1) is 0 Å². The second-order valence-electron chi connectivity index (χ2n) is 12.9. The maximum atomic E-state index is 6.08. The van der Waals surface area contributed by atoms with Gasteiger partial charge in [0.2, 0.25) is 11.4 Å². The average molecular weight is 715 g/mol. The number of hydrogen-bond acceptors (Lipinski definition) is 8. The summed E-state index contributed by atoms with van der Waals surface area (Å²) >= 11 is 0. The lowest BCUT2D eigenvalue weighted by atomic mass is 10.1. The number of H-pyrrole nitrogens is 2. The number of nitrogens with two attached hydrogens (primary N) is 2. The molecule has 12 nitrogen and oxygen atoms in total. The predicted octanol–water partition coefficient (Wildman–Crippen LogP) is 6.94. The van der Waals surface area contributed by atoms with Crippen LogP contribution in [0.4, 0.5) is 11.4 Å². The number of rotatable bonds is 13. The number of ether oxygens (including phenoxy) is 2. The highest BCUT2D eigenvalue weighted by atomic mass is 16.5. The van der Waals surface area contributed by atoms with E-state index in [1.165, 1.54) is 9.37 Å². The van der Waals surface area contributed by atoms with E-state index in [2.05, 4.69) is 23.4 Å². The molecule has 0 bridgehead atoms. The Morgan fingerprint density at radius 3 is 1.31 bits per heavy atom. The second-order valence-corrected chi connectivity index (χ2v) is 12.9. The Morgan fingerprint density at radius 2 is 0.907 bits per heavy atom. The van der Waals surface area contributed by atoms with Crippen LogP contribution in [0.15, 0.2) is 121 Å². The smallest absolute Gasteiger partial charge is 0.236 e. The van der Waals surface area contributed by atoms with E-state index in [0.717, 1.165) is 103 Å². The first-order valence-corrected chi connectivity index (χ1v) is 17.4. The molecule has 0 saturated heterocycles. The molecule has 266 valence electrons. The Labute approximate surface area is 311 Å². The van der Waals surface area contributed by atoms with Gasteiger partial charge in [0.1, 0.15) is 36.4 Å². The van der Waals surface area contributed by atoms with Crippen LogP contribution in [-0.2, 0) is 26.1 Å². The van der Waals surface area contributed by atoms with Gasteiger partial charge in [0.15, 0.2) is 13.4 Å². The van der Waals surface area contributed by atoms with Gasteiger partial charge in [0, 0.05) is 46.8 Å². The molecule has 12 heteroatoms. The van der Waals surface area contributed by atoms with Crippen LogP contribution in [-0.4, -0.2) is 52.7 Å². The summed E-state index contributed by atoms with van der Waals surface area (Å²) < 4.78 is 14.8. The third-order valence-corrected chi connectivity index (χ3v) is 8.99. The van der Waals surface area contributed by atoms with Crippen molar-refractivity contribution < 1.29 is 18.8 Å². The van der Waals surface area contributed by atoms with E-state index in [4.69, 9.17) is 41.1 Å². The molecule has 4 aromatic heterocycles. The first kappa shape index (κ1) is 33.8. The lowest BCUT2D eigenvalue weighted by Gasteiger charge is -2.09. The molecule has 0 saturated carbocycles. The summed E-state index contributed by atoms with van der Waals surface area (Å²) in [6, 6.07) is 39.2. The summed E-state index contributed by atoms with van der Waals surface area (Å²) in [6.45, 7) is 8.19. The van der Waals surface area contributed by atoms with Gasteiger partial charge in [-0.2, -0.15) is 0 Å².